The Kier molecular flexibility index (Phi) is 3.31. The van der Waals surface area contributed by atoms with E-state index >= 15 is 0 Å². The Morgan fingerprint density at radius 3 is 3.00 bits per heavy atom. The first-order valence-electron chi connectivity index (χ1n) is 4.21. The molecule has 1 atom stereocenters. The van der Waals surface area contributed by atoms with Gasteiger partial charge in [0.05, 0.1) is 0 Å². The highest BCUT2D eigenvalue weighted by Crippen LogP contribution is 2.18. The predicted molar refractivity (Wildman–Crippen MR) is 50.1 cm³/mol. The van der Waals surface area contributed by atoms with Crippen LogP contribution in [0.25, 0.3) is 0 Å². The van der Waals surface area contributed by atoms with Gasteiger partial charge in [-0.2, -0.15) is 0 Å². The van der Waals surface area contributed by atoms with Gasteiger partial charge < -0.3 is 16.0 Å². The Morgan fingerprint density at radius 1 is 1.75 bits per heavy atom. The van der Waals surface area contributed by atoms with Gasteiger partial charge in [-0.15, -0.1) is 0 Å². The molecule has 1 aliphatic heterocycles. The largest absolute Gasteiger partial charge is 0.785 e. The van der Waals surface area contributed by atoms with Crippen molar-refractivity contribution < 1.29 is 0 Å². The van der Waals surface area contributed by atoms with Gasteiger partial charge in [0.15, 0.2) is 0 Å². The van der Waals surface area contributed by atoms with E-state index in [4.69, 9.17) is 5.73 Å². The number of allylic oxidation sites excluding steroid dienone is 2. The highest BCUT2D eigenvalue weighted by molar-refractivity contribution is 5.09. The van der Waals surface area contributed by atoms with Gasteiger partial charge in [0.2, 0.25) is 0 Å². The fraction of sp³-hybridized carbons (Fsp3) is 0.556. The van der Waals surface area contributed by atoms with E-state index < -0.39 is 0 Å². The molecule has 0 unspecified atom stereocenters. The van der Waals surface area contributed by atoms with Crippen LogP contribution in [0.3, 0.4) is 0 Å². The number of hydrogen-bond acceptors (Lipinski definition) is 3. The van der Waals surface area contributed by atoms with E-state index in [-0.39, 0.29) is 0 Å². The van der Waals surface area contributed by atoms with E-state index in [9.17, 15) is 5.21 Å². The second-order valence-electron chi connectivity index (χ2n) is 3.26. The molecule has 0 aromatic carbocycles. The van der Waals surface area contributed by atoms with Gasteiger partial charge in [0.25, 0.3) is 0 Å². The standard InChI is InChI=1S/C9H15N2O/c1-8(10)3-2-4-9-5-6-11(12)7-9/h2-3,9H,1,4-7,10H2/q-1/b3-2-/t9-/m0/s1. The zero-order valence-corrected chi connectivity index (χ0v) is 7.20. The summed E-state index contributed by atoms with van der Waals surface area (Å²) in [5.74, 6) is 0.512. The molecule has 3 nitrogen and oxygen atoms in total. The number of nitrogens with two attached hydrogens (primary N) is 1. The first-order valence-corrected chi connectivity index (χ1v) is 4.21. The van der Waals surface area contributed by atoms with E-state index in [1.165, 1.54) is 0 Å². The third kappa shape index (κ3) is 3.07. The van der Waals surface area contributed by atoms with Crippen LogP contribution in [0.1, 0.15) is 12.8 Å². The third-order valence-electron chi connectivity index (χ3n) is 2.05. The Hall–Kier alpha value is -0.800. The van der Waals surface area contributed by atoms with Crippen molar-refractivity contribution in [1.82, 2.24) is 5.06 Å². The summed E-state index contributed by atoms with van der Waals surface area (Å²) >= 11 is 0. The lowest BCUT2D eigenvalue weighted by atomic mass is 10.0. The molecule has 1 saturated heterocycles. The topological polar surface area (TPSA) is 52.3 Å². The molecule has 2 N–H and O–H groups in total. The predicted octanol–water partition coefficient (Wildman–Crippen LogP) is 1.22. The van der Waals surface area contributed by atoms with Crippen molar-refractivity contribution in [2.75, 3.05) is 13.1 Å². The molecule has 1 rings (SSSR count). The molecule has 0 saturated carbocycles. The molecule has 0 aromatic rings. The van der Waals surface area contributed by atoms with E-state index in [2.05, 4.69) is 6.58 Å². The van der Waals surface area contributed by atoms with Gasteiger partial charge in [0, 0.05) is 5.70 Å². The summed E-state index contributed by atoms with van der Waals surface area (Å²) in [6.07, 6.45) is 5.74. The molecule has 1 fully saturated rings. The molecule has 0 radical (unpaired) electrons. The Labute approximate surface area is 73.1 Å². The molecule has 0 aliphatic carbocycles. The lowest BCUT2D eigenvalue weighted by molar-refractivity contribution is 0.442. The normalized spacial score (nSPS) is 25.2. The van der Waals surface area contributed by atoms with Crippen molar-refractivity contribution in [1.29, 1.82) is 0 Å². The molecule has 68 valence electrons. The zero-order valence-electron chi connectivity index (χ0n) is 7.20. The van der Waals surface area contributed by atoms with Gasteiger partial charge in [-0.25, -0.2) is 0 Å². The van der Waals surface area contributed by atoms with Crippen molar-refractivity contribution in [2.45, 2.75) is 12.8 Å². The second kappa shape index (κ2) is 4.28. The molecule has 1 aliphatic rings. The highest BCUT2D eigenvalue weighted by atomic mass is 16.5. The quantitative estimate of drug-likeness (QED) is 0.643. The molecule has 0 spiro atoms. The van der Waals surface area contributed by atoms with E-state index in [1.54, 1.807) is 6.08 Å². The molecule has 0 amide bonds. The fourth-order valence-electron chi connectivity index (χ4n) is 1.40. The van der Waals surface area contributed by atoms with Crippen LogP contribution in [0.2, 0.25) is 0 Å². The number of rotatable bonds is 3. The van der Waals surface area contributed by atoms with Crippen LogP contribution in [0.5, 0.6) is 0 Å². The smallest absolute Gasteiger partial charge is 0.0237 e. The maximum Gasteiger partial charge on any atom is 0.0237 e. The van der Waals surface area contributed by atoms with E-state index in [0.29, 0.717) is 24.7 Å². The van der Waals surface area contributed by atoms with Crippen molar-refractivity contribution in [3.05, 3.63) is 29.6 Å². The van der Waals surface area contributed by atoms with Crippen molar-refractivity contribution in [3.63, 3.8) is 0 Å². The fourth-order valence-corrected chi connectivity index (χ4v) is 1.40. The van der Waals surface area contributed by atoms with Crippen molar-refractivity contribution in [2.24, 2.45) is 11.7 Å². The van der Waals surface area contributed by atoms with Crippen molar-refractivity contribution in [3.8, 4) is 0 Å². The number of nitrogens with zero attached hydrogens (tertiary/aromatic N) is 1. The average Bonchev–Trinajstić information content (AvgIpc) is 2.35. The molecule has 0 bridgehead atoms. The minimum absolute atomic E-state index is 0.512. The molecule has 12 heavy (non-hydrogen) atoms. The highest BCUT2D eigenvalue weighted by Gasteiger charge is 2.14. The summed E-state index contributed by atoms with van der Waals surface area (Å²) < 4.78 is 0. The van der Waals surface area contributed by atoms with Gasteiger partial charge in [-0.1, -0.05) is 12.7 Å². The minimum atomic E-state index is 0.512. The Bertz CT molecular complexity index is 189. The molecular weight excluding hydrogens is 152 g/mol. The van der Waals surface area contributed by atoms with Gasteiger partial charge >= 0.3 is 0 Å². The number of hydrogen-bond donors (Lipinski definition) is 1. The third-order valence-corrected chi connectivity index (χ3v) is 2.05. The Balaban J connectivity index is 2.20. The summed E-state index contributed by atoms with van der Waals surface area (Å²) in [5, 5.41) is 11.9. The molecular formula is C9H15N2O-. The van der Waals surface area contributed by atoms with Crippen LogP contribution in [0.15, 0.2) is 24.4 Å². The molecule has 0 aromatic heterocycles. The summed E-state index contributed by atoms with van der Waals surface area (Å²) in [4.78, 5) is 0. The Morgan fingerprint density at radius 2 is 2.50 bits per heavy atom. The molecule has 1 heterocycles. The van der Waals surface area contributed by atoms with Crippen LogP contribution in [0, 0.1) is 11.1 Å². The summed E-state index contributed by atoms with van der Waals surface area (Å²) in [7, 11) is 0. The maximum atomic E-state index is 10.8. The summed E-state index contributed by atoms with van der Waals surface area (Å²) in [6.45, 7) is 4.90. The summed E-state index contributed by atoms with van der Waals surface area (Å²) in [5.41, 5.74) is 5.93. The minimum Gasteiger partial charge on any atom is -0.785 e. The van der Waals surface area contributed by atoms with Gasteiger partial charge in [0.1, 0.15) is 0 Å². The maximum absolute atomic E-state index is 10.8. The lowest BCUT2D eigenvalue weighted by Crippen LogP contribution is -2.11. The van der Waals surface area contributed by atoms with E-state index in [0.717, 1.165) is 17.9 Å². The summed E-state index contributed by atoms with van der Waals surface area (Å²) in [6, 6.07) is 0. The second-order valence-corrected chi connectivity index (χ2v) is 3.26. The van der Waals surface area contributed by atoms with Crippen LogP contribution in [-0.4, -0.2) is 18.2 Å². The van der Waals surface area contributed by atoms with Crippen LogP contribution >= 0.6 is 0 Å². The SMILES string of the molecule is C=C(N)/C=C\C[C@H]1CCN([O-])C1. The van der Waals surface area contributed by atoms with Crippen LogP contribution < -0.4 is 5.73 Å². The number of hydroxylamine groups is 2. The lowest BCUT2D eigenvalue weighted by Gasteiger charge is -2.20. The molecule has 3 heteroatoms. The monoisotopic (exact) mass is 167 g/mol. The van der Waals surface area contributed by atoms with Crippen LogP contribution in [0.4, 0.5) is 0 Å². The average molecular weight is 167 g/mol. The van der Waals surface area contributed by atoms with Crippen molar-refractivity contribution >= 4 is 0 Å². The first kappa shape index (κ1) is 9.29. The van der Waals surface area contributed by atoms with Gasteiger partial charge in [-0.05, 0) is 37.9 Å². The van der Waals surface area contributed by atoms with E-state index in [1.807, 2.05) is 6.08 Å². The first-order chi connectivity index (χ1) is 5.68. The van der Waals surface area contributed by atoms with Crippen LogP contribution in [-0.2, 0) is 0 Å². The van der Waals surface area contributed by atoms with Gasteiger partial charge in [-0.3, -0.25) is 0 Å². The zero-order chi connectivity index (χ0) is 8.97.